The van der Waals surface area contributed by atoms with Crippen molar-refractivity contribution in [3.63, 3.8) is 0 Å². The lowest BCUT2D eigenvalue weighted by molar-refractivity contribution is 0.540. The molecule has 2 aromatic heterocycles. The van der Waals surface area contributed by atoms with Crippen molar-refractivity contribution in [1.29, 1.82) is 0 Å². The number of nitrogens with one attached hydrogen (secondary N) is 1. The van der Waals surface area contributed by atoms with Gasteiger partial charge in [0, 0.05) is 29.9 Å². The average Bonchev–Trinajstić information content (AvgIpc) is 3.06. The first kappa shape index (κ1) is 13.3. The van der Waals surface area contributed by atoms with Crippen molar-refractivity contribution in [3.8, 4) is 0 Å². The molecule has 1 N–H and O–H groups in total. The van der Waals surface area contributed by atoms with Gasteiger partial charge in [0.1, 0.15) is 0 Å². The number of para-hydroxylation sites is 1. The second kappa shape index (κ2) is 5.77. The number of aromatic nitrogens is 2. The standard InChI is InChI=1S/C16H19N3S/c1-12(10-13-6-5-9-20-13)17-11-15-14-7-3-4-8-16(14)19(2)18-15/h3-9,12,17H,10-11H2,1-2H3. The maximum absolute atomic E-state index is 4.62. The summed E-state index contributed by atoms with van der Waals surface area (Å²) in [5, 5.41) is 11.6. The highest BCUT2D eigenvalue weighted by atomic mass is 32.1. The van der Waals surface area contributed by atoms with Crippen molar-refractivity contribution in [2.24, 2.45) is 7.05 Å². The fourth-order valence-electron chi connectivity index (χ4n) is 2.49. The molecular weight excluding hydrogens is 266 g/mol. The summed E-state index contributed by atoms with van der Waals surface area (Å²) in [6, 6.07) is 13.1. The lowest BCUT2D eigenvalue weighted by atomic mass is 10.2. The Balaban J connectivity index is 1.68. The Kier molecular flexibility index (Phi) is 3.85. The van der Waals surface area contributed by atoms with Gasteiger partial charge in [0.05, 0.1) is 11.2 Å². The van der Waals surface area contributed by atoms with Crippen LogP contribution in [0.5, 0.6) is 0 Å². The highest BCUT2D eigenvalue weighted by Gasteiger charge is 2.09. The molecule has 3 rings (SSSR count). The van der Waals surface area contributed by atoms with E-state index in [1.807, 2.05) is 23.1 Å². The summed E-state index contributed by atoms with van der Waals surface area (Å²) in [5.41, 5.74) is 2.32. The zero-order valence-electron chi connectivity index (χ0n) is 11.8. The molecule has 1 aromatic carbocycles. The highest BCUT2D eigenvalue weighted by molar-refractivity contribution is 7.09. The molecule has 3 aromatic rings. The smallest absolute Gasteiger partial charge is 0.0841 e. The van der Waals surface area contributed by atoms with Gasteiger partial charge in [-0.3, -0.25) is 4.68 Å². The minimum absolute atomic E-state index is 0.453. The third-order valence-electron chi connectivity index (χ3n) is 3.54. The molecule has 1 unspecified atom stereocenters. The Morgan fingerprint density at radius 2 is 2.10 bits per heavy atom. The number of hydrogen-bond donors (Lipinski definition) is 1. The molecule has 1 atom stereocenters. The van der Waals surface area contributed by atoms with Crippen molar-refractivity contribution in [2.45, 2.75) is 25.9 Å². The summed E-state index contributed by atoms with van der Waals surface area (Å²) in [6.07, 6.45) is 1.07. The lowest BCUT2D eigenvalue weighted by Gasteiger charge is -2.11. The molecule has 0 fully saturated rings. The van der Waals surface area contributed by atoms with Crippen molar-refractivity contribution in [3.05, 3.63) is 52.3 Å². The van der Waals surface area contributed by atoms with Crippen molar-refractivity contribution in [2.75, 3.05) is 0 Å². The fraction of sp³-hybridized carbons (Fsp3) is 0.312. The van der Waals surface area contributed by atoms with Crippen LogP contribution in [0.25, 0.3) is 10.9 Å². The van der Waals surface area contributed by atoms with Crippen molar-refractivity contribution >= 4 is 22.2 Å². The van der Waals surface area contributed by atoms with Gasteiger partial charge in [-0.25, -0.2) is 0 Å². The van der Waals surface area contributed by atoms with E-state index < -0.39 is 0 Å². The summed E-state index contributed by atoms with van der Waals surface area (Å²) in [5.74, 6) is 0. The van der Waals surface area contributed by atoms with Gasteiger partial charge in [-0.05, 0) is 30.9 Å². The SMILES string of the molecule is CC(Cc1cccs1)NCc1nn(C)c2ccccc12. The third-order valence-corrected chi connectivity index (χ3v) is 4.44. The van der Waals surface area contributed by atoms with Gasteiger partial charge in [-0.15, -0.1) is 11.3 Å². The monoisotopic (exact) mass is 285 g/mol. The Labute approximate surface area is 123 Å². The number of nitrogens with zero attached hydrogens (tertiary/aromatic N) is 2. The number of aryl methyl sites for hydroxylation is 1. The van der Waals surface area contributed by atoms with Crippen molar-refractivity contribution in [1.82, 2.24) is 15.1 Å². The molecule has 0 aliphatic heterocycles. The van der Waals surface area contributed by atoms with Gasteiger partial charge in [0.15, 0.2) is 0 Å². The van der Waals surface area contributed by atoms with Gasteiger partial charge >= 0.3 is 0 Å². The van der Waals surface area contributed by atoms with Gasteiger partial charge in [0.2, 0.25) is 0 Å². The largest absolute Gasteiger partial charge is 0.308 e. The van der Waals surface area contributed by atoms with Gasteiger partial charge in [-0.2, -0.15) is 5.10 Å². The third kappa shape index (κ3) is 2.76. The highest BCUT2D eigenvalue weighted by Crippen LogP contribution is 2.17. The molecule has 0 radical (unpaired) electrons. The Morgan fingerprint density at radius 3 is 2.90 bits per heavy atom. The lowest BCUT2D eigenvalue weighted by Crippen LogP contribution is -2.27. The van der Waals surface area contributed by atoms with E-state index in [2.05, 4.69) is 59.1 Å². The molecular formula is C16H19N3S. The molecule has 104 valence electrons. The minimum Gasteiger partial charge on any atom is -0.308 e. The molecule has 0 aliphatic rings. The van der Waals surface area contributed by atoms with Crippen LogP contribution in [-0.2, 0) is 20.0 Å². The maximum Gasteiger partial charge on any atom is 0.0841 e. The van der Waals surface area contributed by atoms with Crippen LogP contribution in [-0.4, -0.2) is 15.8 Å². The summed E-state index contributed by atoms with van der Waals surface area (Å²) >= 11 is 1.82. The zero-order chi connectivity index (χ0) is 13.9. The molecule has 2 heterocycles. The van der Waals surface area contributed by atoms with Crippen LogP contribution in [0, 0.1) is 0 Å². The van der Waals surface area contributed by atoms with Crippen LogP contribution < -0.4 is 5.32 Å². The predicted octanol–water partition coefficient (Wildman–Crippen LogP) is 3.36. The second-order valence-corrected chi connectivity index (χ2v) is 6.19. The van der Waals surface area contributed by atoms with Crippen LogP contribution in [0.3, 0.4) is 0 Å². The summed E-state index contributed by atoms with van der Waals surface area (Å²) in [4.78, 5) is 1.43. The molecule has 0 spiro atoms. The Morgan fingerprint density at radius 1 is 1.25 bits per heavy atom. The topological polar surface area (TPSA) is 29.9 Å². The molecule has 0 saturated heterocycles. The normalized spacial score (nSPS) is 12.9. The molecule has 20 heavy (non-hydrogen) atoms. The predicted molar refractivity (Wildman–Crippen MR) is 85.0 cm³/mol. The second-order valence-electron chi connectivity index (χ2n) is 5.15. The van der Waals surface area contributed by atoms with E-state index in [1.165, 1.54) is 15.8 Å². The van der Waals surface area contributed by atoms with Gasteiger partial charge < -0.3 is 5.32 Å². The number of hydrogen-bond acceptors (Lipinski definition) is 3. The van der Waals surface area contributed by atoms with Crippen LogP contribution in [0.4, 0.5) is 0 Å². The van der Waals surface area contributed by atoms with Crippen LogP contribution in [0.15, 0.2) is 41.8 Å². The Hall–Kier alpha value is -1.65. The van der Waals surface area contributed by atoms with E-state index in [0.29, 0.717) is 6.04 Å². The first-order valence-electron chi connectivity index (χ1n) is 6.90. The van der Waals surface area contributed by atoms with Gasteiger partial charge in [-0.1, -0.05) is 24.3 Å². The summed E-state index contributed by atoms with van der Waals surface area (Å²) < 4.78 is 1.95. The summed E-state index contributed by atoms with van der Waals surface area (Å²) in [7, 11) is 2.00. The maximum atomic E-state index is 4.62. The van der Waals surface area contributed by atoms with Crippen molar-refractivity contribution < 1.29 is 0 Å². The molecule has 0 aliphatic carbocycles. The number of benzene rings is 1. The van der Waals surface area contributed by atoms with E-state index in [0.717, 1.165) is 18.7 Å². The first-order valence-corrected chi connectivity index (χ1v) is 7.78. The van der Waals surface area contributed by atoms with E-state index in [9.17, 15) is 0 Å². The molecule has 0 saturated carbocycles. The Bertz CT molecular complexity index is 685. The fourth-order valence-corrected chi connectivity index (χ4v) is 3.33. The van der Waals surface area contributed by atoms with E-state index in [1.54, 1.807) is 0 Å². The van der Waals surface area contributed by atoms with Gasteiger partial charge in [0.25, 0.3) is 0 Å². The molecule has 4 heteroatoms. The number of fused-ring (bicyclic) bond motifs is 1. The number of thiophene rings is 1. The van der Waals surface area contributed by atoms with E-state index in [4.69, 9.17) is 0 Å². The van der Waals surface area contributed by atoms with E-state index >= 15 is 0 Å². The first-order chi connectivity index (χ1) is 9.74. The average molecular weight is 285 g/mol. The van der Waals surface area contributed by atoms with Crippen LogP contribution in [0.1, 0.15) is 17.5 Å². The van der Waals surface area contributed by atoms with Crippen LogP contribution >= 0.6 is 11.3 Å². The molecule has 0 bridgehead atoms. The zero-order valence-corrected chi connectivity index (χ0v) is 12.7. The number of rotatable bonds is 5. The minimum atomic E-state index is 0.453. The van der Waals surface area contributed by atoms with Crippen LogP contribution in [0.2, 0.25) is 0 Å². The summed E-state index contributed by atoms with van der Waals surface area (Å²) in [6.45, 7) is 3.04. The molecule has 0 amide bonds. The molecule has 3 nitrogen and oxygen atoms in total. The van der Waals surface area contributed by atoms with E-state index in [-0.39, 0.29) is 0 Å². The quantitative estimate of drug-likeness (QED) is 0.779.